The van der Waals surface area contributed by atoms with E-state index in [9.17, 15) is 4.79 Å². The topological polar surface area (TPSA) is 51.0 Å². The summed E-state index contributed by atoms with van der Waals surface area (Å²) in [6.45, 7) is 9.36. The van der Waals surface area contributed by atoms with Crippen LogP contribution in [0.4, 0.5) is 5.95 Å². The number of hydrogen-bond acceptors (Lipinski definition) is 4. The summed E-state index contributed by atoms with van der Waals surface area (Å²) < 4.78 is 1.80. The standard InChI is InChI=1S/C18H24N4O/c1-18(2,3)7-12-21-10-4-11-22-16(23)13-15(20-17(21)22)14-5-8-19-9-6-14/h5-6,8-9,13H,4,7,10-12H2,1-3H3. The molecule has 0 unspecified atom stereocenters. The van der Waals surface area contributed by atoms with E-state index in [1.165, 1.54) is 0 Å². The van der Waals surface area contributed by atoms with E-state index in [1.54, 1.807) is 23.0 Å². The SMILES string of the molecule is CC(C)(C)CCN1CCCn2c1nc(-c1ccncc1)cc2=O. The van der Waals surface area contributed by atoms with Gasteiger partial charge in [0.25, 0.3) is 5.56 Å². The molecule has 23 heavy (non-hydrogen) atoms. The second kappa shape index (κ2) is 6.14. The van der Waals surface area contributed by atoms with Gasteiger partial charge in [-0.3, -0.25) is 14.3 Å². The fourth-order valence-corrected chi connectivity index (χ4v) is 2.82. The Balaban J connectivity index is 1.97. The molecule has 0 fully saturated rings. The highest BCUT2D eigenvalue weighted by atomic mass is 16.1. The molecule has 3 rings (SSSR count). The summed E-state index contributed by atoms with van der Waals surface area (Å²) >= 11 is 0. The van der Waals surface area contributed by atoms with Crippen molar-refractivity contribution >= 4 is 5.95 Å². The Morgan fingerprint density at radius 3 is 2.61 bits per heavy atom. The van der Waals surface area contributed by atoms with Crippen molar-refractivity contribution in [1.82, 2.24) is 14.5 Å². The van der Waals surface area contributed by atoms with Crippen molar-refractivity contribution in [1.29, 1.82) is 0 Å². The number of aromatic nitrogens is 3. The molecule has 0 spiro atoms. The molecule has 0 N–H and O–H groups in total. The first-order chi connectivity index (χ1) is 10.9. The predicted molar refractivity (Wildman–Crippen MR) is 92.6 cm³/mol. The summed E-state index contributed by atoms with van der Waals surface area (Å²) in [6.07, 6.45) is 5.52. The Bertz CT molecular complexity index is 731. The summed E-state index contributed by atoms with van der Waals surface area (Å²) in [6, 6.07) is 5.41. The van der Waals surface area contributed by atoms with Gasteiger partial charge in [0.15, 0.2) is 0 Å². The van der Waals surface area contributed by atoms with E-state index in [0.29, 0.717) is 0 Å². The summed E-state index contributed by atoms with van der Waals surface area (Å²) in [5.41, 5.74) is 1.96. The van der Waals surface area contributed by atoms with Crippen molar-refractivity contribution in [2.24, 2.45) is 5.41 Å². The van der Waals surface area contributed by atoms with Gasteiger partial charge in [-0.2, -0.15) is 0 Å². The van der Waals surface area contributed by atoms with E-state index in [1.807, 2.05) is 12.1 Å². The van der Waals surface area contributed by atoms with Gasteiger partial charge in [0.1, 0.15) is 0 Å². The van der Waals surface area contributed by atoms with Crippen LogP contribution < -0.4 is 10.5 Å². The molecule has 1 aliphatic heterocycles. The van der Waals surface area contributed by atoms with Crippen LogP contribution in [-0.4, -0.2) is 27.6 Å². The van der Waals surface area contributed by atoms with Crippen molar-refractivity contribution in [3.8, 4) is 11.3 Å². The highest BCUT2D eigenvalue weighted by Crippen LogP contribution is 2.24. The first kappa shape index (κ1) is 15.7. The molecule has 0 aliphatic carbocycles. The number of rotatable bonds is 3. The van der Waals surface area contributed by atoms with Crippen LogP contribution in [0, 0.1) is 5.41 Å². The van der Waals surface area contributed by atoms with Crippen LogP contribution in [0.3, 0.4) is 0 Å². The molecule has 0 bridgehead atoms. The maximum absolute atomic E-state index is 12.5. The zero-order chi connectivity index (χ0) is 16.4. The van der Waals surface area contributed by atoms with Gasteiger partial charge in [-0.15, -0.1) is 0 Å². The maximum Gasteiger partial charge on any atom is 0.255 e. The number of pyridine rings is 1. The van der Waals surface area contributed by atoms with Crippen LogP contribution >= 0.6 is 0 Å². The van der Waals surface area contributed by atoms with Gasteiger partial charge in [-0.1, -0.05) is 20.8 Å². The zero-order valence-electron chi connectivity index (χ0n) is 14.1. The second-order valence-electron chi connectivity index (χ2n) is 7.32. The molecule has 5 heteroatoms. The van der Waals surface area contributed by atoms with Crippen LogP contribution in [0.25, 0.3) is 11.3 Å². The monoisotopic (exact) mass is 312 g/mol. The molecule has 122 valence electrons. The quantitative estimate of drug-likeness (QED) is 0.874. The Morgan fingerprint density at radius 2 is 1.91 bits per heavy atom. The highest BCUT2D eigenvalue weighted by Gasteiger charge is 2.22. The average molecular weight is 312 g/mol. The maximum atomic E-state index is 12.5. The third-order valence-electron chi connectivity index (χ3n) is 4.19. The summed E-state index contributed by atoms with van der Waals surface area (Å²) in [4.78, 5) is 23.6. The van der Waals surface area contributed by atoms with Crippen molar-refractivity contribution in [2.75, 3.05) is 18.0 Å². The molecule has 0 aromatic carbocycles. The van der Waals surface area contributed by atoms with Crippen LogP contribution in [0.1, 0.15) is 33.6 Å². The number of nitrogens with zero attached hydrogens (tertiary/aromatic N) is 4. The van der Waals surface area contributed by atoms with E-state index in [2.05, 4.69) is 30.7 Å². The van der Waals surface area contributed by atoms with Gasteiger partial charge >= 0.3 is 0 Å². The molecule has 0 radical (unpaired) electrons. The van der Waals surface area contributed by atoms with Gasteiger partial charge in [-0.05, 0) is 30.4 Å². The largest absolute Gasteiger partial charge is 0.342 e. The fourth-order valence-electron chi connectivity index (χ4n) is 2.82. The van der Waals surface area contributed by atoms with Gasteiger partial charge < -0.3 is 4.90 Å². The smallest absolute Gasteiger partial charge is 0.255 e. The second-order valence-corrected chi connectivity index (χ2v) is 7.32. The first-order valence-electron chi connectivity index (χ1n) is 8.21. The van der Waals surface area contributed by atoms with Crippen molar-refractivity contribution in [2.45, 2.75) is 40.2 Å². The van der Waals surface area contributed by atoms with Crippen molar-refractivity contribution < 1.29 is 0 Å². The van der Waals surface area contributed by atoms with Gasteiger partial charge in [0.05, 0.1) is 5.69 Å². The lowest BCUT2D eigenvalue weighted by Gasteiger charge is -2.33. The molecular weight excluding hydrogens is 288 g/mol. The molecule has 1 aliphatic rings. The summed E-state index contributed by atoms with van der Waals surface area (Å²) in [5.74, 6) is 0.805. The minimum absolute atomic E-state index is 0.0299. The molecule has 0 amide bonds. The van der Waals surface area contributed by atoms with Crippen LogP contribution in [0.2, 0.25) is 0 Å². The van der Waals surface area contributed by atoms with Crippen LogP contribution in [0.15, 0.2) is 35.4 Å². The molecular formula is C18H24N4O. The van der Waals surface area contributed by atoms with E-state index < -0.39 is 0 Å². The molecule has 2 aromatic heterocycles. The number of hydrogen-bond donors (Lipinski definition) is 0. The lowest BCUT2D eigenvalue weighted by atomic mass is 9.92. The minimum atomic E-state index is 0.0299. The minimum Gasteiger partial charge on any atom is -0.342 e. The molecule has 5 nitrogen and oxygen atoms in total. The van der Waals surface area contributed by atoms with E-state index in [-0.39, 0.29) is 11.0 Å². The number of fused-ring (bicyclic) bond motifs is 1. The third kappa shape index (κ3) is 3.60. The van der Waals surface area contributed by atoms with Crippen LogP contribution in [-0.2, 0) is 6.54 Å². The molecule has 3 heterocycles. The first-order valence-corrected chi connectivity index (χ1v) is 8.21. The molecule has 0 atom stereocenters. The summed E-state index contributed by atoms with van der Waals surface area (Å²) in [7, 11) is 0. The average Bonchev–Trinajstić information content (AvgIpc) is 2.53. The fraction of sp³-hybridized carbons (Fsp3) is 0.500. The highest BCUT2D eigenvalue weighted by molar-refractivity contribution is 5.59. The van der Waals surface area contributed by atoms with Gasteiger partial charge in [0, 0.05) is 43.7 Å². The third-order valence-corrected chi connectivity index (χ3v) is 4.19. The van der Waals surface area contributed by atoms with E-state index >= 15 is 0 Å². The number of anilines is 1. The molecule has 0 saturated carbocycles. The molecule has 0 saturated heterocycles. The Labute approximate surface area is 137 Å². The van der Waals surface area contributed by atoms with Gasteiger partial charge in [0.2, 0.25) is 5.95 Å². The van der Waals surface area contributed by atoms with E-state index in [4.69, 9.17) is 4.98 Å². The normalized spacial score (nSPS) is 14.7. The summed E-state index contributed by atoms with van der Waals surface area (Å²) in [5, 5.41) is 0. The van der Waals surface area contributed by atoms with Crippen molar-refractivity contribution in [3.05, 3.63) is 40.9 Å². The van der Waals surface area contributed by atoms with Gasteiger partial charge in [-0.25, -0.2) is 4.98 Å². The Hall–Kier alpha value is -2.17. The Kier molecular flexibility index (Phi) is 4.20. The lowest BCUT2D eigenvalue weighted by Crippen LogP contribution is -2.40. The molecule has 2 aromatic rings. The van der Waals surface area contributed by atoms with E-state index in [0.717, 1.165) is 49.7 Å². The van der Waals surface area contributed by atoms with Crippen LogP contribution in [0.5, 0.6) is 0 Å². The van der Waals surface area contributed by atoms with Crippen molar-refractivity contribution in [3.63, 3.8) is 0 Å². The predicted octanol–water partition coefficient (Wildman–Crippen LogP) is 2.95. The zero-order valence-corrected chi connectivity index (χ0v) is 14.1. The lowest BCUT2D eigenvalue weighted by molar-refractivity contribution is 0.371. The Morgan fingerprint density at radius 1 is 1.17 bits per heavy atom.